The summed E-state index contributed by atoms with van der Waals surface area (Å²) in [5.41, 5.74) is 0.577. The standard InChI is InChI=1S/C24H39NO2/c1-5-25(6-2)22(27)21-10-9-19-18-8-7-16-15-17(26)11-13-23(16,3)20(18)12-14-24(19,21)4/h16,18-21H,5-15H2,1-4H3/t16?,18-,19-,20+,21?,23-,24-/m0/s1. The molecule has 0 radical (unpaired) electrons. The molecule has 0 aliphatic heterocycles. The number of carbonyl (C=O) groups is 2. The quantitative estimate of drug-likeness (QED) is 0.691. The van der Waals surface area contributed by atoms with Gasteiger partial charge in [-0.15, -0.1) is 0 Å². The Bertz CT molecular complexity index is 612. The van der Waals surface area contributed by atoms with Crippen LogP contribution in [-0.4, -0.2) is 29.7 Å². The Labute approximate surface area is 165 Å². The maximum Gasteiger partial charge on any atom is 0.226 e. The van der Waals surface area contributed by atoms with Gasteiger partial charge in [0.05, 0.1) is 0 Å². The van der Waals surface area contributed by atoms with Gasteiger partial charge in [0.25, 0.3) is 0 Å². The Morgan fingerprint density at radius 2 is 1.67 bits per heavy atom. The van der Waals surface area contributed by atoms with E-state index in [4.69, 9.17) is 0 Å². The molecule has 4 aliphatic carbocycles. The molecule has 2 unspecified atom stereocenters. The second-order valence-corrected chi connectivity index (χ2v) is 10.6. The van der Waals surface area contributed by atoms with Crippen LogP contribution in [0.25, 0.3) is 0 Å². The Morgan fingerprint density at radius 1 is 0.963 bits per heavy atom. The van der Waals surface area contributed by atoms with E-state index in [0.717, 1.165) is 56.5 Å². The van der Waals surface area contributed by atoms with E-state index in [-0.39, 0.29) is 11.3 Å². The van der Waals surface area contributed by atoms with E-state index in [2.05, 4.69) is 32.6 Å². The monoisotopic (exact) mass is 373 g/mol. The average molecular weight is 374 g/mol. The molecule has 0 heterocycles. The second kappa shape index (κ2) is 6.88. The summed E-state index contributed by atoms with van der Waals surface area (Å²) in [5, 5.41) is 0. The molecule has 4 aliphatic rings. The topological polar surface area (TPSA) is 37.4 Å². The van der Waals surface area contributed by atoms with Crippen LogP contribution in [0.3, 0.4) is 0 Å². The van der Waals surface area contributed by atoms with Gasteiger partial charge in [0.1, 0.15) is 5.78 Å². The molecule has 7 atom stereocenters. The van der Waals surface area contributed by atoms with E-state index in [0.29, 0.717) is 23.0 Å². The first-order chi connectivity index (χ1) is 12.8. The van der Waals surface area contributed by atoms with Crippen LogP contribution in [0.4, 0.5) is 0 Å². The summed E-state index contributed by atoms with van der Waals surface area (Å²) in [6.45, 7) is 10.9. The van der Waals surface area contributed by atoms with E-state index in [1.54, 1.807) is 0 Å². The fourth-order valence-electron chi connectivity index (χ4n) is 8.21. The average Bonchev–Trinajstić information content (AvgIpc) is 3.00. The first kappa shape index (κ1) is 19.5. The minimum atomic E-state index is 0.203. The van der Waals surface area contributed by atoms with Crippen molar-refractivity contribution < 1.29 is 9.59 Å². The third-order valence-corrected chi connectivity index (χ3v) is 9.86. The van der Waals surface area contributed by atoms with Crippen LogP contribution in [0.15, 0.2) is 0 Å². The fraction of sp³-hybridized carbons (Fsp3) is 0.917. The zero-order chi connectivity index (χ0) is 19.4. The van der Waals surface area contributed by atoms with Crippen molar-refractivity contribution in [2.24, 2.45) is 40.4 Å². The van der Waals surface area contributed by atoms with Gasteiger partial charge in [-0.3, -0.25) is 9.59 Å². The first-order valence-electron chi connectivity index (χ1n) is 11.7. The molecule has 0 aromatic rings. The number of rotatable bonds is 3. The van der Waals surface area contributed by atoms with E-state index in [1.165, 1.54) is 32.1 Å². The Hall–Kier alpha value is -0.860. The summed E-state index contributed by atoms with van der Waals surface area (Å²) >= 11 is 0. The molecular formula is C24H39NO2. The van der Waals surface area contributed by atoms with E-state index >= 15 is 0 Å². The summed E-state index contributed by atoms with van der Waals surface area (Å²) in [6.07, 6.45) is 10.1. The molecule has 0 spiro atoms. The van der Waals surface area contributed by atoms with E-state index in [1.807, 2.05) is 0 Å². The number of amides is 1. The number of Topliss-reactive ketones (excluding diaryl/α,β-unsaturated/α-hetero) is 1. The van der Waals surface area contributed by atoms with Gasteiger partial charge < -0.3 is 4.90 Å². The maximum absolute atomic E-state index is 13.2. The molecule has 0 aromatic carbocycles. The highest BCUT2D eigenvalue weighted by molar-refractivity contribution is 5.80. The minimum Gasteiger partial charge on any atom is -0.343 e. The molecule has 0 bridgehead atoms. The molecule has 0 saturated heterocycles. The Morgan fingerprint density at radius 3 is 2.37 bits per heavy atom. The van der Waals surface area contributed by atoms with Crippen LogP contribution in [0, 0.1) is 40.4 Å². The van der Waals surface area contributed by atoms with Crippen LogP contribution in [-0.2, 0) is 9.59 Å². The number of hydrogen-bond donors (Lipinski definition) is 0. The summed E-state index contributed by atoms with van der Waals surface area (Å²) in [5.74, 6) is 4.07. The van der Waals surface area contributed by atoms with Gasteiger partial charge in [-0.2, -0.15) is 0 Å². The second-order valence-electron chi connectivity index (χ2n) is 10.6. The molecule has 4 saturated carbocycles. The molecule has 4 fully saturated rings. The highest BCUT2D eigenvalue weighted by Gasteiger charge is 2.61. The molecule has 0 aromatic heterocycles. The van der Waals surface area contributed by atoms with Gasteiger partial charge >= 0.3 is 0 Å². The molecule has 0 N–H and O–H groups in total. The SMILES string of the molecule is CCN(CC)C(=O)C1CC[C@H]2[C@@H]3CCC4CC(=O)CC[C@]4(C)[C@@H]3CC[C@]12C. The predicted octanol–water partition coefficient (Wildman–Crippen LogP) is 5.08. The maximum atomic E-state index is 13.2. The zero-order valence-corrected chi connectivity index (χ0v) is 17.9. The van der Waals surface area contributed by atoms with Crippen molar-refractivity contribution in [2.75, 3.05) is 13.1 Å². The van der Waals surface area contributed by atoms with Crippen LogP contribution in [0.2, 0.25) is 0 Å². The van der Waals surface area contributed by atoms with Gasteiger partial charge in [-0.25, -0.2) is 0 Å². The Balaban J connectivity index is 1.57. The van der Waals surface area contributed by atoms with Crippen molar-refractivity contribution in [1.82, 2.24) is 4.90 Å². The normalized spacial score (nSPS) is 46.4. The van der Waals surface area contributed by atoms with Crippen LogP contribution < -0.4 is 0 Å². The van der Waals surface area contributed by atoms with Crippen LogP contribution >= 0.6 is 0 Å². The lowest BCUT2D eigenvalue weighted by Gasteiger charge is -2.60. The lowest BCUT2D eigenvalue weighted by Crippen LogP contribution is -2.54. The minimum absolute atomic E-state index is 0.203. The lowest BCUT2D eigenvalue weighted by atomic mass is 9.45. The van der Waals surface area contributed by atoms with Gasteiger partial charge in [-0.05, 0) is 93.3 Å². The summed E-state index contributed by atoms with van der Waals surface area (Å²) < 4.78 is 0. The molecular weight excluding hydrogens is 334 g/mol. The van der Waals surface area contributed by atoms with Crippen molar-refractivity contribution >= 4 is 11.7 Å². The van der Waals surface area contributed by atoms with Gasteiger partial charge in [0, 0.05) is 31.8 Å². The van der Waals surface area contributed by atoms with Gasteiger partial charge in [0.2, 0.25) is 5.91 Å². The van der Waals surface area contributed by atoms with Gasteiger partial charge in [-0.1, -0.05) is 13.8 Å². The molecule has 1 amide bonds. The van der Waals surface area contributed by atoms with Crippen molar-refractivity contribution in [3.8, 4) is 0 Å². The number of ketones is 1. The van der Waals surface area contributed by atoms with Crippen molar-refractivity contribution in [1.29, 1.82) is 0 Å². The number of hydrogen-bond acceptors (Lipinski definition) is 2. The Kier molecular flexibility index (Phi) is 4.96. The molecule has 4 rings (SSSR count). The van der Waals surface area contributed by atoms with E-state index in [9.17, 15) is 9.59 Å². The lowest BCUT2D eigenvalue weighted by molar-refractivity contribution is -0.149. The number of fused-ring (bicyclic) bond motifs is 5. The molecule has 3 nitrogen and oxygen atoms in total. The summed E-state index contributed by atoms with van der Waals surface area (Å²) in [7, 11) is 0. The zero-order valence-electron chi connectivity index (χ0n) is 17.9. The number of carbonyl (C=O) groups excluding carboxylic acids is 2. The first-order valence-corrected chi connectivity index (χ1v) is 11.7. The molecule has 152 valence electrons. The number of nitrogens with zero attached hydrogens (tertiary/aromatic N) is 1. The third kappa shape index (κ3) is 2.82. The van der Waals surface area contributed by atoms with E-state index < -0.39 is 0 Å². The van der Waals surface area contributed by atoms with Crippen molar-refractivity contribution in [2.45, 2.75) is 85.5 Å². The molecule has 27 heavy (non-hydrogen) atoms. The highest BCUT2D eigenvalue weighted by atomic mass is 16.2. The van der Waals surface area contributed by atoms with Crippen molar-refractivity contribution in [3.63, 3.8) is 0 Å². The summed E-state index contributed by atoms with van der Waals surface area (Å²) in [6, 6.07) is 0. The molecule has 3 heteroatoms. The fourth-order valence-corrected chi connectivity index (χ4v) is 8.21. The van der Waals surface area contributed by atoms with Crippen LogP contribution in [0.1, 0.15) is 85.5 Å². The largest absolute Gasteiger partial charge is 0.343 e. The third-order valence-electron chi connectivity index (χ3n) is 9.86. The summed E-state index contributed by atoms with van der Waals surface area (Å²) in [4.78, 5) is 27.4. The smallest absolute Gasteiger partial charge is 0.226 e. The van der Waals surface area contributed by atoms with Gasteiger partial charge in [0.15, 0.2) is 0 Å². The highest BCUT2D eigenvalue weighted by Crippen LogP contribution is 2.67. The predicted molar refractivity (Wildman–Crippen MR) is 108 cm³/mol. The van der Waals surface area contributed by atoms with Crippen LogP contribution in [0.5, 0.6) is 0 Å². The van der Waals surface area contributed by atoms with Crippen molar-refractivity contribution in [3.05, 3.63) is 0 Å².